The Morgan fingerprint density at radius 1 is 1.19 bits per heavy atom. The maximum atomic E-state index is 11.8. The van der Waals surface area contributed by atoms with Gasteiger partial charge in [0.2, 0.25) is 0 Å². The van der Waals surface area contributed by atoms with E-state index in [1.165, 1.54) is 0 Å². The number of urea groups is 1. The molecule has 0 fully saturated rings. The Hall–Kier alpha value is -2.08. The molecule has 0 saturated carbocycles. The summed E-state index contributed by atoms with van der Waals surface area (Å²) < 4.78 is 0. The molecule has 0 bridgehead atoms. The first-order valence-corrected chi connectivity index (χ1v) is 6.87. The summed E-state index contributed by atoms with van der Waals surface area (Å²) >= 11 is 0. The molecule has 0 aliphatic carbocycles. The van der Waals surface area contributed by atoms with Gasteiger partial charge in [0.1, 0.15) is 6.04 Å². The van der Waals surface area contributed by atoms with Crippen LogP contribution >= 0.6 is 0 Å². The summed E-state index contributed by atoms with van der Waals surface area (Å²) in [7, 11) is 3.82. The number of aliphatic carboxylic acids is 1. The lowest BCUT2D eigenvalue weighted by Crippen LogP contribution is -2.51. The zero-order valence-electron chi connectivity index (χ0n) is 12.7. The highest BCUT2D eigenvalue weighted by Crippen LogP contribution is 2.03. The van der Waals surface area contributed by atoms with Gasteiger partial charge in [-0.05, 0) is 26.6 Å². The van der Waals surface area contributed by atoms with Crippen molar-refractivity contribution in [1.29, 1.82) is 0 Å². The van der Waals surface area contributed by atoms with Gasteiger partial charge in [-0.15, -0.1) is 0 Å². The number of hydrogen-bond acceptors (Lipinski definition) is 3. The second-order valence-electron chi connectivity index (χ2n) is 5.36. The third-order valence-electron chi connectivity index (χ3n) is 2.90. The van der Waals surface area contributed by atoms with Gasteiger partial charge < -0.3 is 20.6 Å². The largest absolute Gasteiger partial charge is 0.480 e. The Kier molecular flexibility index (Phi) is 6.68. The van der Waals surface area contributed by atoms with E-state index < -0.39 is 18.0 Å². The van der Waals surface area contributed by atoms with Crippen molar-refractivity contribution < 1.29 is 14.7 Å². The molecule has 0 aromatic heterocycles. The van der Waals surface area contributed by atoms with Gasteiger partial charge in [0.05, 0.1) is 0 Å². The van der Waals surface area contributed by atoms with Crippen molar-refractivity contribution >= 4 is 12.0 Å². The quantitative estimate of drug-likeness (QED) is 0.698. The van der Waals surface area contributed by atoms with E-state index in [0.29, 0.717) is 6.54 Å². The molecule has 3 N–H and O–H groups in total. The molecule has 1 aromatic carbocycles. The minimum absolute atomic E-state index is 0.0637. The Morgan fingerprint density at radius 3 is 2.33 bits per heavy atom. The van der Waals surface area contributed by atoms with Crippen LogP contribution in [0.2, 0.25) is 0 Å². The van der Waals surface area contributed by atoms with Gasteiger partial charge in [0.25, 0.3) is 0 Å². The number of carbonyl (C=O) groups excluding carboxylic acids is 1. The molecule has 6 heteroatoms. The van der Waals surface area contributed by atoms with E-state index in [-0.39, 0.29) is 12.5 Å². The minimum atomic E-state index is -1.05. The number of carbonyl (C=O) groups is 2. The fraction of sp³-hybridized carbons (Fsp3) is 0.467. The molecular weight excluding hydrogens is 270 g/mol. The Balaban J connectivity index is 2.54. The fourth-order valence-corrected chi connectivity index (χ4v) is 2.07. The number of benzene rings is 1. The van der Waals surface area contributed by atoms with Crippen LogP contribution < -0.4 is 10.6 Å². The van der Waals surface area contributed by atoms with Crippen molar-refractivity contribution in [2.45, 2.75) is 25.4 Å². The van der Waals surface area contributed by atoms with Crippen LogP contribution in [0.15, 0.2) is 30.3 Å². The Labute approximate surface area is 125 Å². The lowest BCUT2D eigenvalue weighted by Gasteiger charge is -2.20. The monoisotopic (exact) mass is 293 g/mol. The summed E-state index contributed by atoms with van der Waals surface area (Å²) in [5, 5.41) is 14.4. The lowest BCUT2D eigenvalue weighted by molar-refractivity contribution is -0.139. The highest BCUT2D eigenvalue weighted by Gasteiger charge is 2.21. The van der Waals surface area contributed by atoms with E-state index in [0.717, 1.165) is 5.56 Å². The van der Waals surface area contributed by atoms with Crippen LogP contribution in [0.1, 0.15) is 12.5 Å². The van der Waals surface area contributed by atoms with Crippen molar-refractivity contribution in [2.75, 3.05) is 20.6 Å². The van der Waals surface area contributed by atoms with E-state index in [4.69, 9.17) is 0 Å². The molecular formula is C15H23N3O3. The van der Waals surface area contributed by atoms with Gasteiger partial charge in [0, 0.05) is 19.0 Å². The van der Waals surface area contributed by atoms with Crippen LogP contribution in [0.4, 0.5) is 4.79 Å². The summed E-state index contributed by atoms with van der Waals surface area (Å²) in [6.07, 6.45) is 0.256. The average molecular weight is 293 g/mol. The average Bonchev–Trinajstić information content (AvgIpc) is 2.37. The standard InChI is InChI=1S/C15H23N3O3/c1-11(10-18(2)3)16-15(21)17-13(14(19)20)9-12-7-5-4-6-8-12/h4-8,11,13H,9-10H2,1-3H3,(H,19,20)(H2,16,17,21). The molecule has 0 saturated heterocycles. The van der Waals surface area contributed by atoms with Crippen LogP contribution in [0, 0.1) is 0 Å². The highest BCUT2D eigenvalue weighted by molar-refractivity contribution is 5.82. The zero-order chi connectivity index (χ0) is 15.8. The molecule has 0 heterocycles. The molecule has 6 nitrogen and oxygen atoms in total. The first kappa shape index (κ1) is 17.0. The van der Waals surface area contributed by atoms with E-state index >= 15 is 0 Å². The molecule has 116 valence electrons. The number of carboxylic acid groups (broad SMARTS) is 1. The minimum Gasteiger partial charge on any atom is -0.480 e. The molecule has 21 heavy (non-hydrogen) atoms. The van der Waals surface area contributed by atoms with Crippen molar-refractivity contribution in [3.63, 3.8) is 0 Å². The van der Waals surface area contributed by atoms with E-state index in [9.17, 15) is 14.7 Å². The van der Waals surface area contributed by atoms with E-state index in [1.807, 2.05) is 56.3 Å². The second-order valence-corrected chi connectivity index (χ2v) is 5.36. The predicted octanol–water partition coefficient (Wildman–Crippen LogP) is 0.932. The zero-order valence-corrected chi connectivity index (χ0v) is 12.7. The normalized spacial score (nSPS) is 13.5. The first-order valence-electron chi connectivity index (χ1n) is 6.87. The van der Waals surface area contributed by atoms with Gasteiger partial charge in [0.15, 0.2) is 0 Å². The van der Waals surface area contributed by atoms with E-state index in [1.54, 1.807) is 0 Å². The van der Waals surface area contributed by atoms with Crippen LogP contribution in [0.5, 0.6) is 0 Å². The van der Waals surface area contributed by atoms with Crippen LogP contribution in [-0.2, 0) is 11.2 Å². The second kappa shape index (κ2) is 8.26. The van der Waals surface area contributed by atoms with E-state index in [2.05, 4.69) is 10.6 Å². The molecule has 0 spiro atoms. The number of hydrogen-bond donors (Lipinski definition) is 3. The van der Waals surface area contributed by atoms with Crippen LogP contribution in [-0.4, -0.2) is 54.7 Å². The van der Waals surface area contributed by atoms with Gasteiger partial charge in [-0.1, -0.05) is 30.3 Å². The lowest BCUT2D eigenvalue weighted by atomic mass is 10.1. The summed E-state index contributed by atoms with van der Waals surface area (Å²) in [5.41, 5.74) is 0.867. The highest BCUT2D eigenvalue weighted by atomic mass is 16.4. The maximum Gasteiger partial charge on any atom is 0.326 e. The molecule has 0 aliphatic heterocycles. The molecule has 2 amide bonds. The number of carboxylic acids is 1. The predicted molar refractivity (Wildman–Crippen MR) is 81.3 cm³/mol. The van der Waals surface area contributed by atoms with Gasteiger partial charge in [-0.2, -0.15) is 0 Å². The Bertz CT molecular complexity index is 462. The van der Waals surface area contributed by atoms with Crippen molar-refractivity contribution in [2.24, 2.45) is 0 Å². The van der Waals surface area contributed by atoms with Gasteiger partial charge >= 0.3 is 12.0 Å². The maximum absolute atomic E-state index is 11.8. The van der Waals surface area contributed by atoms with Gasteiger partial charge in [-0.3, -0.25) is 0 Å². The Morgan fingerprint density at radius 2 is 1.81 bits per heavy atom. The summed E-state index contributed by atoms with van der Waals surface area (Å²) in [5.74, 6) is -1.05. The third-order valence-corrected chi connectivity index (χ3v) is 2.90. The SMILES string of the molecule is CC(CN(C)C)NC(=O)NC(Cc1ccccc1)C(=O)O. The smallest absolute Gasteiger partial charge is 0.326 e. The first-order chi connectivity index (χ1) is 9.88. The summed E-state index contributed by atoms with van der Waals surface area (Å²) in [6.45, 7) is 2.55. The topological polar surface area (TPSA) is 81.7 Å². The molecule has 2 unspecified atom stereocenters. The summed E-state index contributed by atoms with van der Waals surface area (Å²) in [4.78, 5) is 25.0. The molecule has 0 aliphatic rings. The number of nitrogens with zero attached hydrogens (tertiary/aromatic N) is 1. The van der Waals surface area contributed by atoms with Crippen molar-refractivity contribution in [1.82, 2.24) is 15.5 Å². The molecule has 0 radical (unpaired) electrons. The summed E-state index contributed by atoms with van der Waals surface area (Å²) in [6, 6.07) is 7.75. The molecule has 1 rings (SSSR count). The third kappa shape index (κ3) is 6.76. The number of amides is 2. The van der Waals surface area contributed by atoms with Crippen LogP contribution in [0.25, 0.3) is 0 Å². The molecule has 1 aromatic rings. The van der Waals surface area contributed by atoms with Crippen LogP contribution in [0.3, 0.4) is 0 Å². The fourth-order valence-electron chi connectivity index (χ4n) is 2.07. The molecule has 2 atom stereocenters. The number of likely N-dealkylation sites (N-methyl/N-ethyl adjacent to an activating group) is 1. The van der Waals surface area contributed by atoms with Gasteiger partial charge in [-0.25, -0.2) is 9.59 Å². The number of nitrogens with one attached hydrogen (secondary N) is 2. The van der Waals surface area contributed by atoms with Crippen molar-refractivity contribution in [3.05, 3.63) is 35.9 Å². The van der Waals surface area contributed by atoms with Crippen molar-refractivity contribution in [3.8, 4) is 0 Å². The number of rotatable bonds is 7.